The summed E-state index contributed by atoms with van der Waals surface area (Å²) >= 11 is 0. The summed E-state index contributed by atoms with van der Waals surface area (Å²) < 4.78 is 5.39. The lowest BCUT2D eigenvalue weighted by molar-refractivity contribution is 0.330. The van der Waals surface area contributed by atoms with E-state index in [-0.39, 0.29) is 5.41 Å². The van der Waals surface area contributed by atoms with Crippen molar-refractivity contribution in [3.05, 3.63) is 41.7 Å². The normalized spacial score (nSPS) is 11.8. The van der Waals surface area contributed by atoms with E-state index >= 15 is 0 Å². The molecule has 0 aliphatic carbocycles. The molecular weight excluding hydrogens is 198 g/mol. The van der Waals surface area contributed by atoms with Crippen LogP contribution in [0.4, 0.5) is 0 Å². The van der Waals surface area contributed by atoms with Crippen LogP contribution >= 0.6 is 0 Å². The van der Waals surface area contributed by atoms with Gasteiger partial charge in [-0.2, -0.15) is 0 Å². The number of aromatic nitrogens is 1. The molecule has 0 fully saturated rings. The Hall–Kier alpha value is -1.57. The lowest BCUT2D eigenvalue weighted by Gasteiger charge is -2.12. The number of hydrogen-bond acceptors (Lipinski definition) is 2. The quantitative estimate of drug-likeness (QED) is 0.720. The maximum absolute atomic E-state index is 5.39. The lowest BCUT2D eigenvalue weighted by atomic mass is 9.92. The van der Waals surface area contributed by atoms with Gasteiger partial charge in [-0.1, -0.05) is 50.2 Å². The van der Waals surface area contributed by atoms with Crippen LogP contribution in [0.5, 0.6) is 0 Å². The molecule has 0 aliphatic heterocycles. The molecule has 0 saturated carbocycles. The number of nitrogens with zero attached hydrogens (tertiary/aromatic N) is 1. The molecular formula is C14H17NO. The van der Waals surface area contributed by atoms with Crippen LogP contribution in [0.2, 0.25) is 0 Å². The Labute approximate surface area is 96.3 Å². The zero-order valence-corrected chi connectivity index (χ0v) is 10.2. The van der Waals surface area contributed by atoms with E-state index in [4.69, 9.17) is 4.52 Å². The fraction of sp³-hybridized carbons (Fsp3) is 0.357. The van der Waals surface area contributed by atoms with E-state index < -0.39 is 0 Å². The highest BCUT2D eigenvalue weighted by Crippen LogP contribution is 2.28. The van der Waals surface area contributed by atoms with Crippen LogP contribution in [0.15, 0.2) is 34.9 Å². The Bertz CT molecular complexity index is 491. The molecule has 16 heavy (non-hydrogen) atoms. The average molecular weight is 215 g/mol. The van der Waals surface area contributed by atoms with Gasteiger partial charge >= 0.3 is 0 Å². The maximum Gasteiger partial charge on any atom is 0.142 e. The van der Waals surface area contributed by atoms with E-state index in [0.717, 1.165) is 17.0 Å². The van der Waals surface area contributed by atoms with Crippen molar-refractivity contribution in [2.45, 2.75) is 33.1 Å². The van der Waals surface area contributed by atoms with Crippen LogP contribution in [0.25, 0.3) is 11.3 Å². The van der Waals surface area contributed by atoms with E-state index in [1.54, 1.807) is 0 Å². The molecule has 2 heteroatoms. The summed E-state index contributed by atoms with van der Waals surface area (Å²) in [6, 6.07) is 10.2. The van der Waals surface area contributed by atoms with E-state index in [9.17, 15) is 0 Å². The minimum atomic E-state index is 0.00787. The van der Waals surface area contributed by atoms with Gasteiger partial charge in [-0.3, -0.25) is 0 Å². The van der Waals surface area contributed by atoms with Crippen molar-refractivity contribution >= 4 is 0 Å². The first-order valence-corrected chi connectivity index (χ1v) is 5.52. The lowest BCUT2D eigenvalue weighted by Crippen LogP contribution is -2.09. The predicted octanol–water partition coefficient (Wildman–Crippen LogP) is 3.95. The van der Waals surface area contributed by atoms with Crippen LogP contribution in [-0.4, -0.2) is 5.16 Å². The highest BCUT2D eigenvalue weighted by molar-refractivity contribution is 5.63. The fourth-order valence-electron chi connectivity index (χ4n) is 1.62. The van der Waals surface area contributed by atoms with Gasteiger partial charge in [-0.05, 0) is 12.5 Å². The average Bonchev–Trinajstić information content (AvgIpc) is 2.66. The SMILES string of the molecule is Cc1ccccc1-c1cc(C(C)(C)C)on1. The standard InChI is InChI=1S/C14H17NO/c1-10-7-5-6-8-11(10)12-9-13(16-15-12)14(2,3)4/h5-9H,1-4H3. The van der Waals surface area contributed by atoms with Gasteiger partial charge in [0.15, 0.2) is 0 Å². The summed E-state index contributed by atoms with van der Waals surface area (Å²) in [6.45, 7) is 8.44. The van der Waals surface area contributed by atoms with Crippen LogP contribution in [0, 0.1) is 6.92 Å². The van der Waals surface area contributed by atoms with Gasteiger partial charge in [0.05, 0.1) is 0 Å². The number of benzene rings is 1. The van der Waals surface area contributed by atoms with Gasteiger partial charge in [0.2, 0.25) is 0 Å². The molecule has 0 unspecified atom stereocenters. The van der Waals surface area contributed by atoms with E-state index in [0.29, 0.717) is 0 Å². The monoisotopic (exact) mass is 215 g/mol. The van der Waals surface area contributed by atoms with E-state index in [2.05, 4.69) is 45.0 Å². The third kappa shape index (κ3) is 2.01. The molecule has 1 aromatic heterocycles. The highest BCUT2D eigenvalue weighted by atomic mass is 16.5. The largest absolute Gasteiger partial charge is 0.360 e. The third-order valence-electron chi connectivity index (χ3n) is 2.67. The van der Waals surface area contributed by atoms with Crippen molar-refractivity contribution in [2.75, 3.05) is 0 Å². The first kappa shape index (κ1) is 10.9. The topological polar surface area (TPSA) is 26.0 Å². The maximum atomic E-state index is 5.39. The summed E-state index contributed by atoms with van der Waals surface area (Å²) in [4.78, 5) is 0. The summed E-state index contributed by atoms with van der Waals surface area (Å²) in [7, 11) is 0. The number of rotatable bonds is 1. The highest BCUT2D eigenvalue weighted by Gasteiger charge is 2.20. The second kappa shape index (κ2) is 3.78. The molecule has 0 N–H and O–H groups in total. The first-order chi connectivity index (χ1) is 7.48. The summed E-state index contributed by atoms with van der Waals surface area (Å²) in [5.41, 5.74) is 3.29. The van der Waals surface area contributed by atoms with Gasteiger partial charge < -0.3 is 4.52 Å². The summed E-state index contributed by atoms with van der Waals surface area (Å²) in [5.74, 6) is 0.922. The molecule has 0 amide bonds. The Morgan fingerprint density at radius 3 is 2.38 bits per heavy atom. The molecule has 0 saturated heterocycles. The summed E-state index contributed by atoms with van der Waals surface area (Å²) in [6.07, 6.45) is 0. The van der Waals surface area contributed by atoms with Crippen molar-refractivity contribution in [2.24, 2.45) is 0 Å². The zero-order valence-electron chi connectivity index (χ0n) is 10.2. The minimum absolute atomic E-state index is 0.00787. The van der Waals surface area contributed by atoms with Crippen molar-refractivity contribution in [3.8, 4) is 11.3 Å². The second-order valence-corrected chi connectivity index (χ2v) is 5.14. The van der Waals surface area contributed by atoms with Crippen molar-refractivity contribution < 1.29 is 4.52 Å². The first-order valence-electron chi connectivity index (χ1n) is 5.52. The smallest absolute Gasteiger partial charge is 0.142 e. The van der Waals surface area contributed by atoms with Gasteiger partial charge in [-0.15, -0.1) is 0 Å². The van der Waals surface area contributed by atoms with Crippen LogP contribution in [-0.2, 0) is 5.41 Å². The molecule has 2 rings (SSSR count). The molecule has 2 aromatic rings. The second-order valence-electron chi connectivity index (χ2n) is 5.14. The fourth-order valence-corrected chi connectivity index (χ4v) is 1.62. The predicted molar refractivity (Wildman–Crippen MR) is 65.4 cm³/mol. The molecule has 0 atom stereocenters. The van der Waals surface area contributed by atoms with E-state index in [1.165, 1.54) is 5.56 Å². The number of aryl methyl sites for hydroxylation is 1. The van der Waals surface area contributed by atoms with Crippen LogP contribution in [0.3, 0.4) is 0 Å². The third-order valence-corrected chi connectivity index (χ3v) is 2.67. The van der Waals surface area contributed by atoms with Gasteiger partial charge in [0, 0.05) is 17.0 Å². The minimum Gasteiger partial charge on any atom is -0.360 e. The number of hydrogen-bond donors (Lipinski definition) is 0. The van der Waals surface area contributed by atoms with E-state index in [1.807, 2.05) is 18.2 Å². The van der Waals surface area contributed by atoms with Crippen molar-refractivity contribution in [1.82, 2.24) is 5.16 Å². The Balaban J connectivity index is 2.44. The molecule has 0 spiro atoms. The molecule has 1 heterocycles. The Kier molecular flexibility index (Phi) is 2.58. The van der Waals surface area contributed by atoms with Crippen molar-refractivity contribution in [1.29, 1.82) is 0 Å². The summed E-state index contributed by atoms with van der Waals surface area (Å²) in [5, 5.41) is 4.14. The Morgan fingerprint density at radius 2 is 1.81 bits per heavy atom. The van der Waals surface area contributed by atoms with Crippen LogP contribution < -0.4 is 0 Å². The van der Waals surface area contributed by atoms with Gasteiger partial charge in [0.1, 0.15) is 11.5 Å². The molecule has 0 aliphatic rings. The molecule has 0 radical (unpaired) electrons. The van der Waals surface area contributed by atoms with Gasteiger partial charge in [-0.25, -0.2) is 0 Å². The van der Waals surface area contributed by atoms with Crippen molar-refractivity contribution in [3.63, 3.8) is 0 Å². The molecule has 0 bridgehead atoms. The van der Waals surface area contributed by atoms with Crippen LogP contribution in [0.1, 0.15) is 32.1 Å². The molecule has 84 valence electrons. The Morgan fingerprint density at radius 1 is 1.12 bits per heavy atom. The van der Waals surface area contributed by atoms with Gasteiger partial charge in [0.25, 0.3) is 0 Å². The molecule has 1 aromatic carbocycles. The zero-order chi connectivity index (χ0) is 11.8. The molecule has 2 nitrogen and oxygen atoms in total.